The molecule has 0 fully saturated rings. The Morgan fingerprint density at radius 3 is 2.66 bits per heavy atom. The highest BCUT2D eigenvalue weighted by Gasteiger charge is 2.41. The molecule has 0 saturated heterocycles. The molecule has 1 N–H and O–H groups in total. The number of sulfonamides is 1. The summed E-state index contributed by atoms with van der Waals surface area (Å²) in [4.78, 5) is 12.9. The summed E-state index contributed by atoms with van der Waals surface area (Å²) in [5.41, 5.74) is 1.20. The van der Waals surface area contributed by atoms with Crippen LogP contribution in [0, 0.1) is 5.82 Å². The van der Waals surface area contributed by atoms with Gasteiger partial charge in [0.2, 0.25) is 5.78 Å². The lowest BCUT2D eigenvalue weighted by Crippen LogP contribution is -2.38. The number of fused-ring (bicyclic) bond motifs is 1. The number of hydrogen-bond acceptors (Lipinski definition) is 7. The van der Waals surface area contributed by atoms with E-state index in [0.717, 1.165) is 21.8 Å². The van der Waals surface area contributed by atoms with Crippen LogP contribution in [0.1, 0.15) is 15.2 Å². The van der Waals surface area contributed by atoms with E-state index in [1.807, 2.05) is 0 Å². The molecule has 3 aromatic rings. The van der Waals surface area contributed by atoms with Crippen LogP contribution in [0.5, 0.6) is 11.5 Å². The molecular weight excluding hydrogens is 455 g/mol. The Labute approximate surface area is 188 Å². The van der Waals surface area contributed by atoms with Crippen LogP contribution in [0.25, 0.3) is 0 Å². The van der Waals surface area contributed by atoms with Gasteiger partial charge in [-0.05, 0) is 41.3 Å². The Kier molecular flexibility index (Phi) is 5.90. The van der Waals surface area contributed by atoms with Crippen LogP contribution in [0.15, 0.2) is 65.0 Å². The fourth-order valence-electron chi connectivity index (χ4n) is 3.32. The Balaban J connectivity index is 1.74. The van der Waals surface area contributed by atoms with Gasteiger partial charge in [0.15, 0.2) is 4.91 Å². The number of nitrogens with zero attached hydrogens (tertiary/aromatic N) is 1. The molecule has 1 aromatic heterocycles. The molecule has 0 spiro atoms. The minimum atomic E-state index is -4.21. The molecule has 1 aliphatic heterocycles. The van der Waals surface area contributed by atoms with Gasteiger partial charge in [-0.15, -0.1) is 11.3 Å². The van der Waals surface area contributed by atoms with Crippen LogP contribution in [0.2, 0.25) is 0 Å². The molecule has 0 aliphatic carbocycles. The van der Waals surface area contributed by atoms with Gasteiger partial charge < -0.3 is 14.8 Å². The van der Waals surface area contributed by atoms with Gasteiger partial charge in [-0.3, -0.25) is 9.10 Å². The molecule has 2 heterocycles. The minimum Gasteiger partial charge on any atom is -0.497 e. The zero-order valence-electron chi connectivity index (χ0n) is 17.2. The number of Topliss-reactive ketones (excluding diaryl/α,β-unsaturated/α-hetero) is 1. The van der Waals surface area contributed by atoms with Crippen LogP contribution in [-0.4, -0.2) is 28.4 Å². The lowest BCUT2D eigenvalue weighted by atomic mass is 10.2. The second-order valence-corrected chi connectivity index (χ2v) is 9.57. The van der Waals surface area contributed by atoms with Crippen molar-refractivity contribution < 1.29 is 27.1 Å². The summed E-state index contributed by atoms with van der Waals surface area (Å²) in [5.74, 6) is -0.103. The summed E-state index contributed by atoms with van der Waals surface area (Å²) in [7, 11) is -1.23. The van der Waals surface area contributed by atoms with E-state index in [2.05, 4.69) is 5.32 Å². The minimum absolute atomic E-state index is 0.111. The number of carbonyl (C=O) groups is 1. The summed E-state index contributed by atoms with van der Waals surface area (Å²) in [5, 5.41) is 4.52. The van der Waals surface area contributed by atoms with Gasteiger partial charge in [-0.2, -0.15) is 0 Å². The Bertz CT molecular complexity index is 1320. The second kappa shape index (κ2) is 8.64. The topological polar surface area (TPSA) is 84.9 Å². The van der Waals surface area contributed by atoms with Gasteiger partial charge in [0, 0.05) is 12.3 Å². The van der Waals surface area contributed by atoms with Gasteiger partial charge in [0.25, 0.3) is 10.0 Å². The molecule has 0 atom stereocenters. The number of allylic oxidation sites excluding steroid dienone is 1. The molecule has 0 unspecified atom stereocenters. The van der Waals surface area contributed by atoms with E-state index >= 15 is 0 Å². The molecule has 0 bridgehead atoms. The number of hydrogen-bond donors (Lipinski definition) is 1. The van der Waals surface area contributed by atoms with E-state index in [1.54, 1.807) is 35.7 Å². The molecule has 32 heavy (non-hydrogen) atoms. The average molecular weight is 475 g/mol. The standard InChI is InChI=1S/C22H19FN2O5S2/c1-29-16-6-7-17(19(11-16)30-2)24-12-20-21(26)22-18(8-9-31-22)25(32(20,27)28)13-14-4-3-5-15(23)10-14/h3-12,24H,13H2,1-2H3/b20-12-. The Hall–Kier alpha value is -3.37. The van der Waals surface area contributed by atoms with E-state index in [-0.39, 0.29) is 12.2 Å². The number of carbonyl (C=O) groups excluding carboxylic acids is 1. The largest absolute Gasteiger partial charge is 0.497 e. The van der Waals surface area contributed by atoms with Crippen molar-refractivity contribution in [3.63, 3.8) is 0 Å². The fourth-order valence-corrected chi connectivity index (χ4v) is 5.80. The molecule has 4 rings (SSSR count). The van der Waals surface area contributed by atoms with E-state index in [0.29, 0.717) is 27.6 Å². The van der Waals surface area contributed by atoms with Crippen LogP contribution in [0.4, 0.5) is 15.8 Å². The third kappa shape index (κ3) is 3.94. The Morgan fingerprint density at radius 2 is 1.94 bits per heavy atom. The lowest BCUT2D eigenvalue weighted by molar-refractivity contribution is 0.104. The van der Waals surface area contributed by atoms with Crippen molar-refractivity contribution in [2.24, 2.45) is 0 Å². The number of thiophene rings is 1. The maximum atomic E-state index is 13.7. The number of anilines is 2. The molecule has 7 nitrogen and oxygen atoms in total. The van der Waals surface area contributed by atoms with Crippen LogP contribution >= 0.6 is 11.3 Å². The van der Waals surface area contributed by atoms with Gasteiger partial charge in [-0.1, -0.05) is 12.1 Å². The van der Waals surface area contributed by atoms with Crippen LogP contribution < -0.4 is 19.1 Å². The molecule has 0 saturated carbocycles. The number of nitrogens with one attached hydrogen (secondary N) is 1. The summed E-state index contributed by atoms with van der Waals surface area (Å²) >= 11 is 1.15. The van der Waals surface area contributed by atoms with Crippen molar-refractivity contribution in [2.75, 3.05) is 23.8 Å². The number of methoxy groups -OCH3 is 2. The number of halogens is 1. The molecule has 0 amide bonds. The van der Waals surface area contributed by atoms with Crippen molar-refractivity contribution >= 4 is 38.5 Å². The van der Waals surface area contributed by atoms with Crippen LogP contribution in [0.3, 0.4) is 0 Å². The zero-order chi connectivity index (χ0) is 22.9. The number of ketones is 1. The van der Waals surface area contributed by atoms with E-state index in [4.69, 9.17) is 9.47 Å². The SMILES string of the molecule is COc1ccc(N/C=C2/C(=O)c3sccc3N(Cc3cccc(F)c3)S2(=O)=O)c(OC)c1. The maximum Gasteiger partial charge on any atom is 0.270 e. The Morgan fingerprint density at radius 1 is 1.12 bits per heavy atom. The highest BCUT2D eigenvalue weighted by atomic mass is 32.2. The first-order chi connectivity index (χ1) is 15.3. The van der Waals surface area contributed by atoms with E-state index in [9.17, 15) is 17.6 Å². The van der Waals surface area contributed by atoms with Crippen molar-refractivity contribution in [3.05, 3.63) is 81.3 Å². The smallest absolute Gasteiger partial charge is 0.270 e. The third-order valence-corrected chi connectivity index (χ3v) is 7.56. The molecule has 10 heteroatoms. The van der Waals surface area contributed by atoms with Gasteiger partial charge in [0.1, 0.15) is 22.2 Å². The summed E-state index contributed by atoms with van der Waals surface area (Å²) in [6.07, 6.45) is 1.16. The quantitative estimate of drug-likeness (QED) is 0.534. The van der Waals surface area contributed by atoms with Gasteiger partial charge in [-0.25, -0.2) is 12.8 Å². The number of benzene rings is 2. The summed E-state index contributed by atoms with van der Waals surface area (Å²) < 4.78 is 52.1. The zero-order valence-corrected chi connectivity index (χ0v) is 18.8. The van der Waals surface area contributed by atoms with Crippen LogP contribution in [-0.2, 0) is 16.6 Å². The maximum absolute atomic E-state index is 13.7. The predicted octanol–water partition coefficient (Wildman–Crippen LogP) is 4.39. The predicted molar refractivity (Wildman–Crippen MR) is 121 cm³/mol. The van der Waals surface area contributed by atoms with E-state index in [1.165, 1.54) is 32.4 Å². The first-order valence-corrected chi connectivity index (χ1v) is 11.7. The van der Waals surface area contributed by atoms with Crippen molar-refractivity contribution in [2.45, 2.75) is 6.54 Å². The summed E-state index contributed by atoms with van der Waals surface area (Å²) in [6, 6.07) is 12.2. The number of ether oxygens (including phenoxy) is 2. The molecule has 0 radical (unpaired) electrons. The first kappa shape index (κ1) is 21.8. The lowest BCUT2D eigenvalue weighted by Gasteiger charge is -2.29. The average Bonchev–Trinajstić information content (AvgIpc) is 3.26. The molecule has 2 aromatic carbocycles. The number of rotatable bonds is 6. The molecule has 166 valence electrons. The third-order valence-electron chi connectivity index (χ3n) is 4.89. The monoisotopic (exact) mass is 474 g/mol. The first-order valence-electron chi connectivity index (χ1n) is 9.43. The van der Waals surface area contributed by atoms with Crippen molar-refractivity contribution in [1.29, 1.82) is 0 Å². The van der Waals surface area contributed by atoms with Gasteiger partial charge in [0.05, 0.1) is 32.1 Å². The highest BCUT2D eigenvalue weighted by molar-refractivity contribution is 7.97. The molecular formula is C22H19FN2O5S2. The van der Waals surface area contributed by atoms with Crippen molar-refractivity contribution in [1.82, 2.24) is 0 Å². The summed E-state index contributed by atoms with van der Waals surface area (Å²) in [6.45, 7) is -0.111. The van der Waals surface area contributed by atoms with E-state index < -0.39 is 26.5 Å². The van der Waals surface area contributed by atoms with Crippen molar-refractivity contribution in [3.8, 4) is 11.5 Å². The second-order valence-electron chi connectivity index (χ2n) is 6.82. The molecule has 1 aliphatic rings. The van der Waals surface area contributed by atoms with Gasteiger partial charge >= 0.3 is 0 Å². The normalized spacial score (nSPS) is 16.0. The highest BCUT2D eigenvalue weighted by Crippen LogP contribution is 2.39. The fraction of sp³-hybridized carbons (Fsp3) is 0.136.